The van der Waals surface area contributed by atoms with E-state index in [1.165, 1.54) is 6.08 Å². The van der Waals surface area contributed by atoms with E-state index < -0.39 is 5.60 Å². The van der Waals surface area contributed by atoms with Gasteiger partial charge < -0.3 is 10.4 Å². The highest BCUT2D eigenvalue weighted by molar-refractivity contribution is 6.34. The molecule has 0 unspecified atom stereocenters. The maximum absolute atomic E-state index is 11.5. The Hall–Kier alpha value is -1.03. The van der Waals surface area contributed by atoms with Gasteiger partial charge in [-0.25, -0.2) is 0 Å². The van der Waals surface area contributed by atoms with Gasteiger partial charge in [-0.15, -0.1) is 0 Å². The second-order valence-corrected chi connectivity index (χ2v) is 5.44. The second-order valence-electron chi connectivity index (χ2n) is 4.57. The Morgan fingerprint density at radius 1 is 1.33 bits per heavy atom. The minimum atomic E-state index is -0.928. The predicted molar refractivity (Wildman–Crippen MR) is 74.8 cm³/mol. The summed E-state index contributed by atoms with van der Waals surface area (Å²) in [5.74, 6) is -0.284. The first-order valence-electron chi connectivity index (χ1n) is 5.41. The highest BCUT2D eigenvalue weighted by Crippen LogP contribution is 2.19. The van der Waals surface area contributed by atoms with Crippen LogP contribution < -0.4 is 5.32 Å². The Labute approximate surface area is 116 Å². The van der Waals surface area contributed by atoms with Gasteiger partial charge in [-0.1, -0.05) is 23.2 Å². The summed E-state index contributed by atoms with van der Waals surface area (Å²) in [4.78, 5) is 11.5. The topological polar surface area (TPSA) is 49.3 Å². The molecule has 0 radical (unpaired) electrons. The highest BCUT2D eigenvalue weighted by Gasteiger charge is 2.12. The molecule has 0 spiro atoms. The van der Waals surface area contributed by atoms with Crippen molar-refractivity contribution in [2.24, 2.45) is 0 Å². The van der Waals surface area contributed by atoms with Crippen LogP contribution in [0.1, 0.15) is 19.4 Å². The molecule has 0 aromatic heterocycles. The molecule has 1 amide bonds. The Morgan fingerprint density at radius 2 is 1.89 bits per heavy atom. The number of halogens is 2. The zero-order valence-electron chi connectivity index (χ0n) is 10.2. The lowest BCUT2D eigenvalue weighted by molar-refractivity contribution is -0.117. The first-order chi connectivity index (χ1) is 8.26. The molecule has 1 aromatic rings. The van der Waals surface area contributed by atoms with Crippen molar-refractivity contribution in [3.05, 3.63) is 39.9 Å². The number of amides is 1. The molecule has 1 aromatic carbocycles. The average molecular weight is 288 g/mol. The Bertz CT molecular complexity index is 444. The van der Waals surface area contributed by atoms with Gasteiger partial charge in [-0.3, -0.25) is 4.79 Å². The van der Waals surface area contributed by atoms with E-state index in [2.05, 4.69) is 5.32 Å². The van der Waals surface area contributed by atoms with Crippen LogP contribution in [0.15, 0.2) is 24.3 Å². The van der Waals surface area contributed by atoms with E-state index in [-0.39, 0.29) is 12.5 Å². The summed E-state index contributed by atoms with van der Waals surface area (Å²) in [5.41, 5.74) is -0.186. The first kappa shape index (κ1) is 15.0. The van der Waals surface area contributed by atoms with Crippen molar-refractivity contribution in [2.45, 2.75) is 19.4 Å². The van der Waals surface area contributed by atoms with Crippen LogP contribution in [-0.2, 0) is 4.79 Å². The molecular formula is C13H15Cl2NO2. The molecule has 0 fully saturated rings. The second kappa shape index (κ2) is 6.23. The summed E-state index contributed by atoms with van der Waals surface area (Å²) in [6, 6.07) is 5.02. The molecule has 1 rings (SSSR count). The quantitative estimate of drug-likeness (QED) is 0.837. The molecule has 0 aliphatic heterocycles. The monoisotopic (exact) mass is 287 g/mol. The van der Waals surface area contributed by atoms with E-state index in [0.717, 1.165) is 5.56 Å². The number of benzene rings is 1. The molecule has 0 saturated carbocycles. The van der Waals surface area contributed by atoms with E-state index in [9.17, 15) is 9.90 Å². The first-order valence-corrected chi connectivity index (χ1v) is 6.16. The average Bonchev–Trinajstić information content (AvgIpc) is 2.21. The van der Waals surface area contributed by atoms with Crippen LogP contribution in [0.5, 0.6) is 0 Å². The fraction of sp³-hybridized carbons (Fsp3) is 0.308. The van der Waals surface area contributed by atoms with Crippen LogP contribution in [-0.4, -0.2) is 23.2 Å². The molecule has 5 heteroatoms. The molecule has 2 N–H and O–H groups in total. The van der Waals surface area contributed by atoms with Crippen molar-refractivity contribution in [1.29, 1.82) is 0 Å². The largest absolute Gasteiger partial charge is 0.389 e. The third-order valence-electron chi connectivity index (χ3n) is 2.01. The van der Waals surface area contributed by atoms with Crippen molar-refractivity contribution in [3.8, 4) is 0 Å². The normalized spacial score (nSPS) is 11.8. The van der Waals surface area contributed by atoms with Crippen molar-refractivity contribution in [2.75, 3.05) is 6.54 Å². The lowest BCUT2D eigenvalue weighted by Gasteiger charge is -2.16. The Balaban J connectivity index is 2.61. The van der Waals surface area contributed by atoms with Crippen molar-refractivity contribution in [3.63, 3.8) is 0 Å². The van der Waals surface area contributed by atoms with Crippen LogP contribution in [0.2, 0.25) is 10.0 Å². The molecule has 3 nitrogen and oxygen atoms in total. The van der Waals surface area contributed by atoms with E-state index >= 15 is 0 Å². The third-order valence-corrected chi connectivity index (χ3v) is 2.44. The maximum Gasteiger partial charge on any atom is 0.244 e. The van der Waals surface area contributed by atoms with E-state index in [4.69, 9.17) is 23.2 Å². The van der Waals surface area contributed by atoms with E-state index in [0.29, 0.717) is 10.0 Å². The molecule has 0 heterocycles. The van der Waals surface area contributed by atoms with Crippen LogP contribution >= 0.6 is 23.2 Å². The zero-order valence-corrected chi connectivity index (χ0v) is 11.7. The summed E-state index contributed by atoms with van der Waals surface area (Å²) >= 11 is 11.7. The summed E-state index contributed by atoms with van der Waals surface area (Å²) in [5, 5.41) is 13.1. The van der Waals surface area contributed by atoms with E-state index in [1.807, 2.05) is 0 Å². The van der Waals surface area contributed by atoms with Crippen LogP contribution in [0.25, 0.3) is 6.08 Å². The van der Waals surface area contributed by atoms with Crippen molar-refractivity contribution < 1.29 is 9.90 Å². The third kappa shape index (κ3) is 6.05. The highest BCUT2D eigenvalue weighted by atomic mass is 35.5. The number of hydrogen-bond acceptors (Lipinski definition) is 2. The molecule has 0 aliphatic carbocycles. The van der Waals surface area contributed by atoms with Gasteiger partial charge in [0.15, 0.2) is 0 Å². The summed E-state index contributed by atoms with van der Waals surface area (Å²) in [6.45, 7) is 3.42. The van der Waals surface area contributed by atoms with Gasteiger partial charge in [0.1, 0.15) is 0 Å². The van der Waals surface area contributed by atoms with Crippen LogP contribution in [0.3, 0.4) is 0 Å². The smallest absolute Gasteiger partial charge is 0.244 e. The number of aliphatic hydroxyl groups is 1. The zero-order chi connectivity index (χ0) is 13.8. The SMILES string of the molecule is CC(C)(O)CNC(=O)C=Cc1cc(Cl)cc(Cl)c1. The number of rotatable bonds is 4. The van der Waals surface area contributed by atoms with Crippen LogP contribution in [0, 0.1) is 0 Å². The maximum atomic E-state index is 11.5. The fourth-order valence-electron chi connectivity index (χ4n) is 1.21. The summed E-state index contributed by atoms with van der Waals surface area (Å²) < 4.78 is 0. The van der Waals surface area contributed by atoms with Crippen molar-refractivity contribution >= 4 is 35.2 Å². The number of nitrogens with one attached hydrogen (secondary N) is 1. The number of carbonyl (C=O) groups is 1. The van der Waals surface area contributed by atoms with Gasteiger partial charge >= 0.3 is 0 Å². The molecule has 18 heavy (non-hydrogen) atoms. The molecule has 98 valence electrons. The van der Waals surface area contributed by atoms with Gasteiger partial charge in [0.05, 0.1) is 5.60 Å². The molecule has 0 bridgehead atoms. The van der Waals surface area contributed by atoms with Gasteiger partial charge in [0, 0.05) is 22.7 Å². The van der Waals surface area contributed by atoms with Crippen molar-refractivity contribution in [1.82, 2.24) is 5.32 Å². The fourth-order valence-corrected chi connectivity index (χ4v) is 1.75. The lowest BCUT2D eigenvalue weighted by Crippen LogP contribution is -2.37. The van der Waals surface area contributed by atoms with Gasteiger partial charge in [0.25, 0.3) is 0 Å². The molecule has 0 atom stereocenters. The predicted octanol–water partition coefficient (Wildman–Crippen LogP) is 2.89. The van der Waals surface area contributed by atoms with Gasteiger partial charge in [-0.05, 0) is 43.7 Å². The minimum Gasteiger partial charge on any atom is -0.389 e. The summed E-state index contributed by atoms with van der Waals surface area (Å²) in [7, 11) is 0. The standard InChI is InChI=1S/C13H15Cl2NO2/c1-13(2,18)8-16-12(17)4-3-9-5-10(14)7-11(15)6-9/h3-7,18H,8H2,1-2H3,(H,16,17). The number of hydrogen-bond donors (Lipinski definition) is 2. The van der Waals surface area contributed by atoms with Gasteiger partial charge in [-0.2, -0.15) is 0 Å². The Morgan fingerprint density at radius 3 is 2.39 bits per heavy atom. The van der Waals surface area contributed by atoms with Gasteiger partial charge in [0.2, 0.25) is 5.91 Å². The molecule has 0 saturated heterocycles. The molecular weight excluding hydrogens is 273 g/mol. The van der Waals surface area contributed by atoms with Crippen LogP contribution in [0.4, 0.5) is 0 Å². The summed E-state index contributed by atoms with van der Waals surface area (Å²) in [6.07, 6.45) is 2.98. The molecule has 0 aliphatic rings. The Kier molecular flexibility index (Phi) is 5.20. The lowest BCUT2D eigenvalue weighted by atomic mass is 10.1. The number of carbonyl (C=O) groups excluding carboxylic acids is 1. The minimum absolute atomic E-state index is 0.187. The van der Waals surface area contributed by atoms with E-state index in [1.54, 1.807) is 38.1 Å².